The zero-order chi connectivity index (χ0) is 12.8. The van der Waals surface area contributed by atoms with Gasteiger partial charge in [0.25, 0.3) is 0 Å². The zero-order valence-electron chi connectivity index (χ0n) is 10.9. The average Bonchev–Trinajstić information content (AvgIpc) is 2.42. The van der Waals surface area contributed by atoms with Crippen LogP contribution in [0.15, 0.2) is 53.6 Å². The van der Waals surface area contributed by atoms with E-state index in [4.69, 9.17) is 0 Å². The molecule has 2 aromatic rings. The summed E-state index contributed by atoms with van der Waals surface area (Å²) in [5.74, 6) is 0. The third-order valence-electron chi connectivity index (χ3n) is 2.85. The maximum atomic E-state index is 4.22. The highest BCUT2D eigenvalue weighted by molar-refractivity contribution is 5.80. The van der Waals surface area contributed by atoms with Gasteiger partial charge in [-0.25, -0.2) is 0 Å². The largest absolute Gasteiger partial charge is 0.279 e. The molecule has 0 bridgehead atoms. The topological polar surface area (TPSA) is 24.4 Å². The van der Waals surface area contributed by atoms with E-state index in [0.717, 1.165) is 17.7 Å². The van der Waals surface area contributed by atoms with E-state index in [1.165, 1.54) is 11.1 Å². The fourth-order valence-electron chi connectivity index (χ4n) is 1.65. The zero-order valence-corrected chi connectivity index (χ0v) is 10.9. The van der Waals surface area contributed by atoms with E-state index in [0.29, 0.717) is 0 Å². The molecular formula is C16H18N2. The first-order valence-corrected chi connectivity index (χ1v) is 6.22. The number of anilines is 1. The van der Waals surface area contributed by atoms with Gasteiger partial charge in [-0.2, -0.15) is 5.10 Å². The number of hydrazone groups is 1. The number of hydrogen-bond acceptors (Lipinski definition) is 2. The Morgan fingerprint density at radius 1 is 1.00 bits per heavy atom. The van der Waals surface area contributed by atoms with Gasteiger partial charge in [-0.15, -0.1) is 0 Å². The van der Waals surface area contributed by atoms with Crippen molar-refractivity contribution < 1.29 is 0 Å². The fourth-order valence-corrected chi connectivity index (χ4v) is 1.65. The van der Waals surface area contributed by atoms with Crippen LogP contribution in [0.5, 0.6) is 0 Å². The van der Waals surface area contributed by atoms with Crippen LogP contribution in [0, 0.1) is 6.92 Å². The van der Waals surface area contributed by atoms with E-state index < -0.39 is 0 Å². The van der Waals surface area contributed by atoms with Crippen LogP contribution in [0.1, 0.15) is 23.6 Å². The van der Waals surface area contributed by atoms with E-state index in [9.17, 15) is 0 Å². The Balaban J connectivity index is 1.96. The normalized spacial score (nSPS) is 10.8. The standard InChI is InChI=1S/C16H18N2/c1-3-14-6-8-15(9-7-14)12-17-18-16-10-4-13(2)5-11-16/h4-12,18H,3H2,1-2H3/b17-12+. The third-order valence-corrected chi connectivity index (χ3v) is 2.85. The van der Waals surface area contributed by atoms with Crippen LogP contribution in [0.2, 0.25) is 0 Å². The smallest absolute Gasteiger partial charge is 0.0561 e. The summed E-state index contributed by atoms with van der Waals surface area (Å²) in [6.45, 7) is 4.23. The van der Waals surface area contributed by atoms with E-state index in [1.807, 2.05) is 18.3 Å². The summed E-state index contributed by atoms with van der Waals surface area (Å²) in [7, 11) is 0. The number of nitrogens with zero attached hydrogens (tertiary/aromatic N) is 1. The van der Waals surface area contributed by atoms with Crippen LogP contribution in [-0.4, -0.2) is 6.21 Å². The summed E-state index contributed by atoms with van der Waals surface area (Å²) in [6.07, 6.45) is 2.90. The van der Waals surface area contributed by atoms with Crippen molar-refractivity contribution in [3.63, 3.8) is 0 Å². The van der Waals surface area contributed by atoms with E-state index in [1.54, 1.807) is 0 Å². The molecule has 0 atom stereocenters. The first-order chi connectivity index (χ1) is 8.78. The Hall–Kier alpha value is -2.09. The SMILES string of the molecule is CCc1ccc(/C=N/Nc2ccc(C)cc2)cc1. The molecule has 0 aromatic heterocycles. The first kappa shape index (κ1) is 12.4. The van der Waals surface area contributed by atoms with Crippen LogP contribution in [0.25, 0.3) is 0 Å². The van der Waals surface area contributed by atoms with Gasteiger partial charge in [-0.05, 0) is 36.6 Å². The maximum Gasteiger partial charge on any atom is 0.0561 e. The van der Waals surface area contributed by atoms with Gasteiger partial charge in [0.2, 0.25) is 0 Å². The van der Waals surface area contributed by atoms with Gasteiger partial charge in [-0.1, -0.05) is 48.9 Å². The van der Waals surface area contributed by atoms with Crippen LogP contribution in [0.4, 0.5) is 5.69 Å². The summed E-state index contributed by atoms with van der Waals surface area (Å²) in [5.41, 5.74) is 7.72. The molecule has 0 saturated heterocycles. The average molecular weight is 238 g/mol. The molecule has 0 amide bonds. The van der Waals surface area contributed by atoms with Gasteiger partial charge in [0.1, 0.15) is 0 Å². The molecule has 0 aliphatic heterocycles. The van der Waals surface area contributed by atoms with Gasteiger partial charge in [-0.3, -0.25) is 5.43 Å². The quantitative estimate of drug-likeness (QED) is 0.631. The lowest BCUT2D eigenvalue weighted by Gasteiger charge is -2.00. The molecule has 92 valence electrons. The molecule has 2 aromatic carbocycles. The lowest BCUT2D eigenvalue weighted by molar-refractivity contribution is 1.14. The van der Waals surface area contributed by atoms with Crippen molar-refractivity contribution in [2.75, 3.05) is 5.43 Å². The molecule has 0 fully saturated rings. The van der Waals surface area contributed by atoms with Crippen molar-refractivity contribution in [3.05, 3.63) is 65.2 Å². The number of aryl methyl sites for hydroxylation is 2. The minimum absolute atomic E-state index is 1.00. The molecule has 0 saturated carbocycles. The molecule has 0 aliphatic rings. The lowest BCUT2D eigenvalue weighted by Crippen LogP contribution is -1.91. The van der Waals surface area contributed by atoms with Crippen LogP contribution in [0.3, 0.4) is 0 Å². The third kappa shape index (κ3) is 3.45. The Morgan fingerprint density at radius 3 is 2.28 bits per heavy atom. The second kappa shape index (κ2) is 6.01. The molecule has 2 heteroatoms. The number of rotatable bonds is 4. The highest BCUT2D eigenvalue weighted by Crippen LogP contribution is 2.08. The molecule has 0 radical (unpaired) electrons. The van der Waals surface area contributed by atoms with Gasteiger partial charge in [0.05, 0.1) is 11.9 Å². The summed E-state index contributed by atoms with van der Waals surface area (Å²) in [4.78, 5) is 0. The van der Waals surface area contributed by atoms with E-state index in [-0.39, 0.29) is 0 Å². The Bertz CT molecular complexity index is 510. The van der Waals surface area contributed by atoms with Crippen molar-refractivity contribution in [2.45, 2.75) is 20.3 Å². The summed E-state index contributed by atoms with van der Waals surface area (Å²) in [6, 6.07) is 16.6. The molecule has 0 spiro atoms. The van der Waals surface area contributed by atoms with Gasteiger partial charge < -0.3 is 0 Å². The predicted molar refractivity (Wildman–Crippen MR) is 78.2 cm³/mol. The Labute approximate surface area is 108 Å². The maximum absolute atomic E-state index is 4.22. The number of hydrogen-bond donors (Lipinski definition) is 1. The molecule has 2 rings (SSSR count). The lowest BCUT2D eigenvalue weighted by atomic mass is 10.1. The van der Waals surface area contributed by atoms with Crippen molar-refractivity contribution in [3.8, 4) is 0 Å². The minimum atomic E-state index is 1.00. The minimum Gasteiger partial charge on any atom is -0.279 e. The predicted octanol–water partition coefficient (Wildman–Crippen LogP) is 4.00. The molecule has 0 aliphatic carbocycles. The summed E-state index contributed by atoms with van der Waals surface area (Å²) >= 11 is 0. The number of benzene rings is 2. The van der Waals surface area contributed by atoms with Crippen molar-refractivity contribution in [1.29, 1.82) is 0 Å². The van der Waals surface area contributed by atoms with Crippen LogP contribution >= 0.6 is 0 Å². The number of nitrogens with one attached hydrogen (secondary N) is 1. The highest BCUT2D eigenvalue weighted by atomic mass is 15.3. The molecule has 0 unspecified atom stereocenters. The van der Waals surface area contributed by atoms with Crippen molar-refractivity contribution in [2.24, 2.45) is 5.10 Å². The Morgan fingerprint density at radius 2 is 1.67 bits per heavy atom. The van der Waals surface area contributed by atoms with Gasteiger partial charge >= 0.3 is 0 Å². The molecule has 1 N–H and O–H groups in total. The molecular weight excluding hydrogens is 220 g/mol. The summed E-state index contributed by atoms with van der Waals surface area (Å²) in [5, 5.41) is 4.22. The second-order valence-corrected chi connectivity index (χ2v) is 4.33. The van der Waals surface area contributed by atoms with Crippen molar-refractivity contribution in [1.82, 2.24) is 0 Å². The van der Waals surface area contributed by atoms with E-state index >= 15 is 0 Å². The first-order valence-electron chi connectivity index (χ1n) is 6.22. The van der Waals surface area contributed by atoms with Crippen LogP contribution in [-0.2, 0) is 6.42 Å². The monoisotopic (exact) mass is 238 g/mol. The fraction of sp³-hybridized carbons (Fsp3) is 0.188. The molecule has 18 heavy (non-hydrogen) atoms. The second-order valence-electron chi connectivity index (χ2n) is 4.33. The van der Waals surface area contributed by atoms with Crippen LogP contribution < -0.4 is 5.43 Å². The van der Waals surface area contributed by atoms with Crippen molar-refractivity contribution >= 4 is 11.9 Å². The van der Waals surface area contributed by atoms with Gasteiger partial charge in [0, 0.05) is 0 Å². The summed E-state index contributed by atoms with van der Waals surface area (Å²) < 4.78 is 0. The molecule has 0 heterocycles. The van der Waals surface area contributed by atoms with E-state index in [2.05, 4.69) is 60.8 Å². The Kier molecular flexibility index (Phi) is 4.13. The molecule has 2 nitrogen and oxygen atoms in total. The highest BCUT2D eigenvalue weighted by Gasteiger charge is 1.90. The van der Waals surface area contributed by atoms with Gasteiger partial charge in [0.15, 0.2) is 0 Å².